The Hall–Kier alpha value is -5.97. The van der Waals surface area contributed by atoms with Crippen LogP contribution < -0.4 is 0 Å². The second-order valence-corrected chi connectivity index (χ2v) is 13.7. The molecular weight excluding hydrogens is 644 g/mol. The third-order valence-electron chi connectivity index (χ3n) is 10.6. The Morgan fingerprint density at radius 1 is 0.491 bits per heavy atom. The second kappa shape index (κ2) is 11.5. The van der Waals surface area contributed by atoms with Gasteiger partial charge in [-0.3, -0.25) is 4.57 Å². The Labute approximate surface area is 310 Å². The summed E-state index contributed by atoms with van der Waals surface area (Å²) in [6.07, 6.45) is 0. The molecule has 2 aromatic heterocycles. The molecule has 240 valence electrons. The highest BCUT2D eigenvalue weighted by molar-refractivity contribution is 6.53. The van der Waals surface area contributed by atoms with Gasteiger partial charge in [0.15, 0.2) is 0 Å². The first-order valence-electron chi connectivity index (χ1n) is 17.4. The van der Waals surface area contributed by atoms with Crippen LogP contribution in [0.15, 0.2) is 156 Å². The molecule has 8 heteroatoms. The number of furan rings is 1. The molecule has 0 unspecified atom stereocenters. The number of imidazole rings is 1. The van der Waals surface area contributed by atoms with Gasteiger partial charge in [-0.15, -0.1) is 0 Å². The van der Waals surface area contributed by atoms with Crippen molar-refractivity contribution in [1.82, 2.24) is 9.55 Å². The first kappa shape index (κ1) is 31.7. The van der Waals surface area contributed by atoms with Crippen molar-refractivity contribution in [2.45, 2.75) is 10.6 Å². The molecule has 0 fully saturated rings. The zero-order chi connectivity index (χ0) is 36.1. The highest BCUT2D eigenvalue weighted by Gasteiger charge is 2.39. The van der Waals surface area contributed by atoms with Crippen LogP contribution >= 0.6 is 0 Å². The first-order chi connectivity index (χ1) is 25.7. The number of rotatable bonds is 5. The van der Waals surface area contributed by atoms with Gasteiger partial charge in [0.1, 0.15) is 17.0 Å². The van der Waals surface area contributed by atoms with Gasteiger partial charge in [0.05, 0.1) is 48.1 Å². The van der Waals surface area contributed by atoms with E-state index in [1.165, 1.54) is 0 Å². The van der Waals surface area contributed by atoms with Gasteiger partial charge >= 0.3 is 0 Å². The number of para-hydroxylation sites is 3. The van der Waals surface area contributed by atoms with Crippen molar-refractivity contribution < 1.29 is 9.52 Å². The maximum atomic E-state index is 10.8. The molecule has 0 amide bonds. The Kier molecular flexibility index (Phi) is 6.90. The number of aliphatic hydroxyl groups is 1. The summed E-state index contributed by atoms with van der Waals surface area (Å²) < 4.78 is 8.20. The number of hydrogen-bond donors (Lipinski definition) is 1. The predicted molar refractivity (Wildman–Crippen MR) is 221 cm³/mol. The van der Waals surface area contributed by atoms with E-state index in [9.17, 15) is 5.11 Å². The van der Waals surface area contributed by atoms with Crippen molar-refractivity contribution >= 4 is 96.7 Å². The summed E-state index contributed by atoms with van der Waals surface area (Å²) in [4.78, 5) is 4.76. The van der Waals surface area contributed by atoms with Gasteiger partial charge in [-0.05, 0) is 90.1 Å². The number of nitrogens with zero attached hydrogens (tertiary/aromatic N) is 2. The van der Waals surface area contributed by atoms with Crippen LogP contribution in [0.4, 0.5) is 0 Å². The van der Waals surface area contributed by atoms with E-state index in [0.29, 0.717) is 5.52 Å². The first-order valence-corrected chi connectivity index (χ1v) is 17.4. The lowest BCUT2D eigenvalue weighted by Crippen LogP contribution is -2.55. The molecule has 53 heavy (non-hydrogen) atoms. The van der Waals surface area contributed by atoms with Crippen molar-refractivity contribution in [2.75, 3.05) is 0 Å². The molecule has 8 radical (unpaired) electrons. The van der Waals surface area contributed by atoms with E-state index in [2.05, 4.69) is 91.0 Å². The Bertz CT molecular complexity index is 3040. The van der Waals surface area contributed by atoms with Gasteiger partial charge in [-0.1, -0.05) is 121 Å². The van der Waals surface area contributed by atoms with Crippen molar-refractivity contribution in [2.24, 2.45) is 0 Å². The van der Waals surface area contributed by atoms with Crippen molar-refractivity contribution in [1.29, 1.82) is 0 Å². The molecule has 8 aromatic carbocycles. The molecule has 10 rings (SSSR count). The molecule has 0 saturated heterocycles. The molecular formula is C45H26B4N2O2. The minimum atomic E-state index is -2.46. The number of aromatic nitrogens is 2. The highest BCUT2D eigenvalue weighted by Crippen LogP contribution is 2.48. The van der Waals surface area contributed by atoms with Crippen LogP contribution in [0, 0.1) is 0 Å². The largest absolute Gasteiger partial charge is 0.456 e. The molecule has 0 aliphatic carbocycles. The van der Waals surface area contributed by atoms with Gasteiger partial charge in [-0.25, -0.2) is 4.98 Å². The van der Waals surface area contributed by atoms with E-state index >= 15 is 0 Å². The fourth-order valence-electron chi connectivity index (χ4n) is 8.11. The molecule has 1 N–H and O–H groups in total. The van der Waals surface area contributed by atoms with Crippen molar-refractivity contribution in [3.63, 3.8) is 0 Å². The maximum absolute atomic E-state index is 10.8. The van der Waals surface area contributed by atoms with E-state index in [0.717, 1.165) is 87.7 Å². The summed E-state index contributed by atoms with van der Waals surface area (Å²) in [5.41, 5.74) is 8.32. The van der Waals surface area contributed by atoms with E-state index in [4.69, 9.17) is 40.8 Å². The molecule has 0 bridgehead atoms. The molecule has 2 heterocycles. The van der Waals surface area contributed by atoms with Crippen LogP contribution in [0.5, 0.6) is 0 Å². The van der Waals surface area contributed by atoms with E-state index < -0.39 is 10.6 Å². The van der Waals surface area contributed by atoms with Gasteiger partial charge < -0.3 is 9.52 Å². The topological polar surface area (TPSA) is 51.2 Å². The van der Waals surface area contributed by atoms with Crippen molar-refractivity contribution in [3.05, 3.63) is 157 Å². The minimum Gasteiger partial charge on any atom is -0.456 e. The normalized spacial score (nSPS) is 12.5. The number of fused-ring (bicyclic) bond motifs is 7. The lowest BCUT2D eigenvalue weighted by molar-refractivity contribution is 0.189. The summed E-state index contributed by atoms with van der Waals surface area (Å²) >= 11 is 0. The standard InChI is InChI=1S/C45H26B4N2O2/c46-44(47,45(48,49)52)43-50-35-20-8-9-21-37(35)51(43)36-25-24-32(26-12-1-2-13-27(26)36)40-28-14-3-5-16-30(28)41(31-17-6-4-15-29(31)40)34-19-11-23-39-42(34)33-18-7-10-22-38(33)53-39/h1-25,52H. The molecule has 0 aliphatic heterocycles. The monoisotopic (exact) mass is 670 g/mol. The average molecular weight is 670 g/mol. The van der Waals surface area contributed by atoms with Crippen LogP contribution in [0.25, 0.3) is 93.2 Å². The minimum absolute atomic E-state index is 0.130. The second-order valence-electron chi connectivity index (χ2n) is 13.7. The zero-order valence-corrected chi connectivity index (χ0v) is 28.5. The summed E-state index contributed by atoms with van der Waals surface area (Å²) in [5.74, 6) is 0.130. The number of benzene rings is 8. The van der Waals surface area contributed by atoms with Crippen LogP contribution in [-0.2, 0) is 5.21 Å². The van der Waals surface area contributed by atoms with Gasteiger partial charge in [0.25, 0.3) is 0 Å². The maximum Gasteiger partial charge on any atom is 0.136 e. The highest BCUT2D eigenvalue weighted by atomic mass is 16.3. The third-order valence-corrected chi connectivity index (χ3v) is 10.6. The Balaban J connectivity index is 1.29. The molecule has 0 aliphatic rings. The van der Waals surface area contributed by atoms with Crippen LogP contribution in [0.3, 0.4) is 0 Å². The lowest BCUT2D eigenvalue weighted by Gasteiger charge is -2.39. The predicted octanol–water partition coefficient (Wildman–Crippen LogP) is 9.19. The molecule has 10 aromatic rings. The molecule has 0 spiro atoms. The zero-order valence-electron chi connectivity index (χ0n) is 28.5. The fourth-order valence-corrected chi connectivity index (χ4v) is 8.11. The Morgan fingerprint density at radius 2 is 1.02 bits per heavy atom. The fraction of sp³-hybridized carbons (Fsp3) is 0.0444. The number of hydrogen-bond acceptors (Lipinski definition) is 3. The summed E-state index contributed by atoms with van der Waals surface area (Å²) in [7, 11) is 25.0. The average Bonchev–Trinajstić information content (AvgIpc) is 3.76. The van der Waals surface area contributed by atoms with Crippen LogP contribution in [-0.4, -0.2) is 51.4 Å². The van der Waals surface area contributed by atoms with E-state index in [1.807, 2.05) is 65.2 Å². The van der Waals surface area contributed by atoms with Gasteiger partial charge in [0.2, 0.25) is 0 Å². The van der Waals surface area contributed by atoms with Crippen molar-refractivity contribution in [3.8, 4) is 27.9 Å². The lowest BCUT2D eigenvalue weighted by atomic mass is 9.35. The quantitative estimate of drug-likeness (QED) is 0.147. The molecule has 0 saturated carbocycles. The Morgan fingerprint density at radius 3 is 1.68 bits per heavy atom. The SMILES string of the molecule is [B]C([B])(O)C([B])([B])c1nc2ccccc2n1-c1ccc(-c2c3ccccc3c(-c3cccc4oc5ccccc5c34)c3ccccc23)c2ccccc12. The summed E-state index contributed by atoms with van der Waals surface area (Å²) in [5, 5.41) is 14.8. The van der Waals surface area contributed by atoms with Crippen LogP contribution in [0.1, 0.15) is 5.82 Å². The van der Waals surface area contributed by atoms with E-state index in [-0.39, 0.29) is 5.82 Å². The molecule has 4 nitrogen and oxygen atoms in total. The summed E-state index contributed by atoms with van der Waals surface area (Å²) in [6.45, 7) is 0. The van der Waals surface area contributed by atoms with Gasteiger partial charge in [-0.2, -0.15) is 0 Å². The smallest absolute Gasteiger partial charge is 0.136 e. The van der Waals surface area contributed by atoms with Gasteiger partial charge in [0, 0.05) is 16.2 Å². The summed E-state index contributed by atoms with van der Waals surface area (Å²) in [6, 6.07) is 51.8. The van der Waals surface area contributed by atoms with Crippen LogP contribution in [0.2, 0.25) is 0 Å². The third kappa shape index (κ3) is 4.62. The van der Waals surface area contributed by atoms with E-state index in [1.54, 1.807) is 0 Å². The molecule has 0 atom stereocenters.